The lowest BCUT2D eigenvalue weighted by molar-refractivity contribution is -0.137. The number of esters is 1. The lowest BCUT2D eigenvalue weighted by atomic mass is 10.2. The Morgan fingerprint density at radius 3 is 2.65 bits per heavy atom. The van der Waals surface area contributed by atoms with E-state index in [1.54, 1.807) is 13.0 Å². The number of carbonyl (C=O) groups is 1. The summed E-state index contributed by atoms with van der Waals surface area (Å²) in [5.41, 5.74) is 1.55. The molecule has 0 saturated heterocycles. The first kappa shape index (κ1) is 13.0. The fourth-order valence-corrected chi connectivity index (χ4v) is 1.11. The van der Waals surface area contributed by atoms with Crippen molar-refractivity contribution in [1.29, 1.82) is 0 Å². The molecule has 1 aromatic rings. The number of benzene rings is 1. The van der Waals surface area contributed by atoms with Gasteiger partial charge in [0.2, 0.25) is 0 Å². The van der Waals surface area contributed by atoms with Crippen LogP contribution in [0.5, 0.6) is 0 Å². The van der Waals surface area contributed by atoms with Crippen molar-refractivity contribution >= 4 is 12.0 Å². The second-order valence-corrected chi connectivity index (χ2v) is 3.58. The van der Waals surface area contributed by atoms with E-state index in [4.69, 9.17) is 4.74 Å². The molecule has 0 spiro atoms. The maximum Gasteiger partial charge on any atom is 0.333 e. The van der Waals surface area contributed by atoms with Gasteiger partial charge in [-0.1, -0.05) is 55.1 Å². The summed E-state index contributed by atoms with van der Waals surface area (Å²) in [6.45, 7) is 5.39. The Kier molecular flexibility index (Phi) is 5.52. The molecule has 0 unspecified atom stereocenters. The Hall–Kier alpha value is -2.09. The molecular weight excluding hydrogens is 212 g/mol. The molecule has 88 valence electrons. The molecule has 1 aromatic carbocycles. The fraction of sp³-hybridized carbons (Fsp3) is 0.133. The second-order valence-electron chi connectivity index (χ2n) is 3.58. The molecule has 0 N–H and O–H groups in total. The Bertz CT molecular complexity index is 427. The first-order valence-electron chi connectivity index (χ1n) is 5.41. The normalized spacial score (nSPS) is 10.9. The van der Waals surface area contributed by atoms with Crippen LogP contribution in [0.25, 0.3) is 6.08 Å². The topological polar surface area (TPSA) is 26.3 Å². The highest BCUT2D eigenvalue weighted by molar-refractivity contribution is 5.86. The summed E-state index contributed by atoms with van der Waals surface area (Å²) in [4.78, 5) is 11.0. The molecule has 0 heterocycles. The average molecular weight is 228 g/mol. The van der Waals surface area contributed by atoms with Gasteiger partial charge in [0.15, 0.2) is 0 Å². The van der Waals surface area contributed by atoms with E-state index in [9.17, 15) is 4.79 Å². The molecule has 0 radical (unpaired) electrons. The minimum absolute atomic E-state index is 0.269. The maximum absolute atomic E-state index is 11.0. The molecule has 0 bridgehead atoms. The maximum atomic E-state index is 11.0. The number of ether oxygens (including phenoxy) is 1. The molecule has 0 atom stereocenters. The van der Waals surface area contributed by atoms with Gasteiger partial charge in [0.25, 0.3) is 0 Å². The van der Waals surface area contributed by atoms with Gasteiger partial charge >= 0.3 is 5.97 Å². The van der Waals surface area contributed by atoms with Crippen LogP contribution in [0, 0.1) is 0 Å². The van der Waals surface area contributed by atoms with Gasteiger partial charge in [-0.15, -0.1) is 0 Å². The molecule has 0 fully saturated rings. The third kappa shape index (κ3) is 5.52. The van der Waals surface area contributed by atoms with Gasteiger partial charge in [0.1, 0.15) is 6.61 Å². The number of rotatable bonds is 5. The van der Waals surface area contributed by atoms with E-state index in [0.29, 0.717) is 5.57 Å². The van der Waals surface area contributed by atoms with E-state index in [1.165, 1.54) is 0 Å². The number of carbonyl (C=O) groups excluding carboxylic acids is 1. The van der Waals surface area contributed by atoms with Gasteiger partial charge in [0, 0.05) is 5.57 Å². The zero-order chi connectivity index (χ0) is 12.5. The summed E-state index contributed by atoms with van der Waals surface area (Å²) < 4.78 is 4.90. The predicted molar refractivity (Wildman–Crippen MR) is 70.4 cm³/mol. The summed E-state index contributed by atoms with van der Waals surface area (Å²) in [6.07, 6.45) is 7.51. The molecule has 0 aromatic heterocycles. The third-order valence-electron chi connectivity index (χ3n) is 1.99. The monoisotopic (exact) mass is 228 g/mol. The van der Waals surface area contributed by atoms with Crippen LogP contribution in [0.4, 0.5) is 0 Å². The molecule has 0 saturated carbocycles. The minimum atomic E-state index is -0.360. The smallest absolute Gasteiger partial charge is 0.333 e. The standard InChI is InChI=1S/C15H16O2/c1-13(2)15(16)17-12-8-4-7-11-14-9-5-3-6-10-14/h3-11H,1,12H2,2H3. The van der Waals surface area contributed by atoms with Crippen LogP contribution in [0.1, 0.15) is 12.5 Å². The Labute approximate surface area is 102 Å². The van der Waals surface area contributed by atoms with Crippen molar-refractivity contribution in [3.63, 3.8) is 0 Å². The van der Waals surface area contributed by atoms with Crippen molar-refractivity contribution in [3.8, 4) is 0 Å². The Morgan fingerprint density at radius 1 is 1.29 bits per heavy atom. The van der Waals surface area contributed by atoms with E-state index < -0.39 is 0 Å². The predicted octanol–water partition coefficient (Wildman–Crippen LogP) is 3.38. The zero-order valence-electron chi connectivity index (χ0n) is 9.93. The van der Waals surface area contributed by atoms with Gasteiger partial charge in [-0.2, -0.15) is 0 Å². The van der Waals surface area contributed by atoms with E-state index >= 15 is 0 Å². The molecule has 0 aliphatic rings. The third-order valence-corrected chi connectivity index (χ3v) is 1.99. The highest BCUT2D eigenvalue weighted by atomic mass is 16.5. The van der Waals surface area contributed by atoms with Crippen molar-refractivity contribution in [2.45, 2.75) is 6.92 Å². The highest BCUT2D eigenvalue weighted by Gasteiger charge is 1.99. The van der Waals surface area contributed by atoms with Gasteiger partial charge in [-0.3, -0.25) is 0 Å². The summed E-state index contributed by atoms with van der Waals surface area (Å²) in [6, 6.07) is 9.98. The van der Waals surface area contributed by atoms with Gasteiger partial charge in [-0.25, -0.2) is 4.79 Å². The van der Waals surface area contributed by atoms with Crippen molar-refractivity contribution in [3.05, 3.63) is 66.3 Å². The summed E-state index contributed by atoms with van der Waals surface area (Å²) in [5.74, 6) is -0.360. The number of hydrogen-bond donors (Lipinski definition) is 0. The SMILES string of the molecule is C=C(C)C(=O)OCC=CC=Cc1ccccc1. The van der Waals surface area contributed by atoms with Crippen molar-refractivity contribution in [2.75, 3.05) is 6.61 Å². The van der Waals surface area contributed by atoms with Crippen molar-refractivity contribution in [2.24, 2.45) is 0 Å². The molecule has 1 rings (SSSR count). The van der Waals surface area contributed by atoms with Crippen LogP contribution >= 0.6 is 0 Å². The molecular formula is C15H16O2. The van der Waals surface area contributed by atoms with E-state index in [2.05, 4.69) is 6.58 Å². The molecule has 2 nitrogen and oxygen atoms in total. The second kappa shape index (κ2) is 7.23. The molecule has 2 heteroatoms. The Morgan fingerprint density at radius 2 is 2.00 bits per heavy atom. The fourth-order valence-electron chi connectivity index (χ4n) is 1.11. The lowest BCUT2D eigenvalue weighted by Crippen LogP contribution is -2.04. The highest BCUT2D eigenvalue weighted by Crippen LogP contribution is 2.00. The van der Waals surface area contributed by atoms with E-state index in [1.807, 2.05) is 48.6 Å². The first-order chi connectivity index (χ1) is 8.20. The Balaban J connectivity index is 2.29. The quantitative estimate of drug-likeness (QED) is 0.439. The van der Waals surface area contributed by atoms with Crippen LogP contribution in [0.3, 0.4) is 0 Å². The summed E-state index contributed by atoms with van der Waals surface area (Å²) in [5, 5.41) is 0. The average Bonchev–Trinajstić information content (AvgIpc) is 2.34. The van der Waals surface area contributed by atoms with Gasteiger partial charge < -0.3 is 4.74 Å². The molecule has 0 aliphatic heterocycles. The minimum Gasteiger partial charge on any atom is -0.458 e. The van der Waals surface area contributed by atoms with Crippen molar-refractivity contribution < 1.29 is 9.53 Å². The summed E-state index contributed by atoms with van der Waals surface area (Å²) >= 11 is 0. The van der Waals surface area contributed by atoms with E-state index in [-0.39, 0.29) is 12.6 Å². The molecule has 17 heavy (non-hydrogen) atoms. The van der Waals surface area contributed by atoms with Crippen LogP contribution in [-0.4, -0.2) is 12.6 Å². The van der Waals surface area contributed by atoms with Crippen LogP contribution in [0.15, 0.2) is 60.7 Å². The van der Waals surface area contributed by atoms with Crippen LogP contribution in [-0.2, 0) is 9.53 Å². The van der Waals surface area contributed by atoms with Gasteiger partial charge in [-0.05, 0) is 18.6 Å². The zero-order valence-corrected chi connectivity index (χ0v) is 9.93. The molecule has 0 aliphatic carbocycles. The number of hydrogen-bond acceptors (Lipinski definition) is 2. The largest absolute Gasteiger partial charge is 0.458 e. The molecule has 0 amide bonds. The summed E-state index contributed by atoms with van der Waals surface area (Å²) in [7, 11) is 0. The van der Waals surface area contributed by atoms with Crippen molar-refractivity contribution in [1.82, 2.24) is 0 Å². The first-order valence-corrected chi connectivity index (χ1v) is 5.41. The van der Waals surface area contributed by atoms with Crippen LogP contribution < -0.4 is 0 Å². The van der Waals surface area contributed by atoms with Crippen LogP contribution in [0.2, 0.25) is 0 Å². The van der Waals surface area contributed by atoms with E-state index in [0.717, 1.165) is 5.56 Å². The number of allylic oxidation sites excluding steroid dienone is 2. The van der Waals surface area contributed by atoms with Gasteiger partial charge in [0.05, 0.1) is 0 Å². The lowest BCUT2D eigenvalue weighted by Gasteiger charge is -1.98.